The third kappa shape index (κ3) is 4.74. The lowest BCUT2D eigenvalue weighted by Gasteiger charge is -2.37. The van der Waals surface area contributed by atoms with Crippen LogP contribution in [-0.4, -0.2) is 74.7 Å². The summed E-state index contributed by atoms with van der Waals surface area (Å²) in [7, 11) is 3.19. The molecule has 4 rings (SSSR count). The van der Waals surface area contributed by atoms with Crippen LogP contribution in [-0.2, 0) is 16.0 Å². The SMILES string of the molecule is COc1ccc(CCC(=O)N2CCN(C(=O)[C@H]3COc4ccccc4O3)CC2)cc1OC. The minimum absolute atomic E-state index is 0.0815. The van der Waals surface area contributed by atoms with Gasteiger partial charge in [-0.05, 0) is 36.2 Å². The van der Waals surface area contributed by atoms with Crippen molar-refractivity contribution in [1.82, 2.24) is 9.80 Å². The molecule has 170 valence electrons. The molecule has 1 saturated heterocycles. The number of amides is 2. The highest BCUT2D eigenvalue weighted by Crippen LogP contribution is 2.31. The second-order valence-electron chi connectivity index (χ2n) is 7.76. The fourth-order valence-corrected chi connectivity index (χ4v) is 3.97. The molecule has 0 bridgehead atoms. The Kier molecular flexibility index (Phi) is 6.68. The predicted molar refractivity (Wildman–Crippen MR) is 117 cm³/mol. The van der Waals surface area contributed by atoms with Crippen molar-refractivity contribution in [2.75, 3.05) is 47.0 Å². The molecule has 2 amide bonds. The molecule has 0 N–H and O–H groups in total. The van der Waals surface area contributed by atoms with E-state index in [0.717, 1.165) is 5.56 Å². The normalized spacial score (nSPS) is 17.6. The van der Waals surface area contributed by atoms with Crippen molar-refractivity contribution >= 4 is 11.8 Å². The van der Waals surface area contributed by atoms with Crippen LogP contribution in [0.1, 0.15) is 12.0 Å². The van der Waals surface area contributed by atoms with Gasteiger partial charge in [0.25, 0.3) is 5.91 Å². The predicted octanol–water partition coefficient (Wildman–Crippen LogP) is 2.15. The summed E-state index contributed by atoms with van der Waals surface area (Å²) in [6.45, 7) is 2.20. The van der Waals surface area contributed by atoms with Crippen molar-refractivity contribution in [3.8, 4) is 23.0 Å². The van der Waals surface area contributed by atoms with E-state index < -0.39 is 6.10 Å². The molecule has 0 saturated carbocycles. The van der Waals surface area contributed by atoms with E-state index in [-0.39, 0.29) is 18.4 Å². The van der Waals surface area contributed by atoms with Gasteiger partial charge in [-0.1, -0.05) is 18.2 Å². The van der Waals surface area contributed by atoms with Gasteiger partial charge < -0.3 is 28.7 Å². The van der Waals surface area contributed by atoms with Gasteiger partial charge in [0.1, 0.15) is 6.61 Å². The van der Waals surface area contributed by atoms with Crippen LogP contribution in [0.25, 0.3) is 0 Å². The van der Waals surface area contributed by atoms with E-state index in [4.69, 9.17) is 18.9 Å². The van der Waals surface area contributed by atoms with Crippen molar-refractivity contribution < 1.29 is 28.5 Å². The number of carbonyl (C=O) groups is 2. The molecule has 0 aliphatic carbocycles. The van der Waals surface area contributed by atoms with Gasteiger partial charge in [0.05, 0.1) is 14.2 Å². The van der Waals surface area contributed by atoms with E-state index in [1.165, 1.54) is 0 Å². The first-order valence-electron chi connectivity index (χ1n) is 10.7. The molecular weight excluding hydrogens is 412 g/mol. The highest BCUT2D eigenvalue weighted by Gasteiger charge is 2.33. The molecule has 2 heterocycles. The molecule has 32 heavy (non-hydrogen) atoms. The molecule has 0 spiro atoms. The summed E-state index contributed by atoms with van der Waals surface area (Å²) >= 11 is 0. The number of carbonyl (C=O) groups excluding carboxylic acids is 2. The lowest BCUT2D eigenvalue weighted by atomic mass is 10.1. The topological polar surface area (TPSA) is 77.5 Å². The average molecular weight is 440 g/mol. The number of methoxy groups -OCH3 is 2. The van der Waals surface area contributed by atoms with E-state index in [1.807, 2.05) is 41.3 Å². The molecule has 2 aliphatic rings. The number of ether oxygens (including phenoxy) is 4. The van der Waals surface area contributed by atoms with Gasteiger partial charge in [-0.3, -0.25) is 9.59 Å². The van der Waals surface area contributed by atoms with Crippen LogP contribution in [0.4, 0.5) is 0 Å². The Morgan fingerprint density at radius 1 is 0.938 bits per heavy atom. The average Bonchev–Trinajstić information content (AvgIpc) is 2.86. The number of benzene rings is 2. The number of hydrogen-bond acceptors (Lipinski definition) is 6. The molecular formula is C24H28N2O6. The Hall–Kier alpha value is -3.42. The molecule has 0 aromatic heterocycles. The van der Waals surface area contributed by atoms with Crippen LogP contribution >= 0.6 is 0 Å². The first kappa shape index (κ1) is 21.8. The van der Waals surface area contributed by atoms with Crippen molar-refractivity contribution in [2.45, 2.75) is 18.9 Å². The first-order chi connectivity index (χ1) is 15.6. The maximum Gasteiger partial charge on any atom is 0.267 e. The van der Waals surface area contributed by atoms with Gasteiger partial charge in [-0.25, -0.2) is 0 Å². The molecule has 8 nitrogen and oxygen atoms in total. The first-order valence-corrected chi connectivity index (χ1v) is 10.7. The Labute approximate surface area is 187 Å². The van der Waals surface area contributed by atoms with Crippen LogP contribution in [0.15, 0.2) is 42.5 Å². The molecule has 1 fully saturated rings. The zero-order valence-corrected chi connectivity index (χ0v) is 18.4. The summed E-state index contributed by atoms with van der Waals surface area (Å²) in [6, 6.07) is 13.0. The highest BCUT2D eigenvalue weighted by atomic mass is 16.6. The number of nitrogens with zero attached hydrogens (tertiary/aromatic N) is 2. The van der Waals surface area contributed by atoms with Crippen LogP contribution in [0.5, 0.6) is 23.0 Å². The monoisotopic (exact) mass is 440 g/mol. The third-order valence-corrected chi connectivity index (χ3v) is 5.80. The zero-order valence-electron chi connectivity index (χ0n) is 18.4. The van der Waals surface area contributed by atoms with E-state index >= 15 is 0 Å². The minimum atomic E-state index is -0.655. The van der Waals surface area contributed by atoms with Gasteiger partial charge in [0, 0.05) is 32.6 Å². The Bertz CT molecular complexity index is 971. The van der Waals surface area contributed by atoms with Crippen molar-refractivity contribution in [3.63, 3.8) is 0 Å². The number of hydrogen-bond donors (Lipinski definition) is 0. The van der Waals surface area contributed by atoms with E-state index in [9.17, 15) is 9.59 Å². The van der Waals surface area contributed by atoms with Crippen molar-refractivity contribution in [2.24, 2.45) is 0 Å². The molecule has 1 atom stereocenters. The van der Waals surface area contributed by atoms with Gasteiger partial charge in [0.15, 0.2) is 23.0 Å². The fourth-order valence-electron chi connectivity index (χ4n) is 3.97. The number of para-hydroxylation sites is 2. The molecule has 8 heteroatoms. The second kappa shape index (κ2) is 9.80. The lowest BCUT2D eigenvalue weighted by molar-refractivity contribution is -0.146. The van der Waals surface area contributed by atoms with Crippen molar-refractivity contribution in [3.05, 3.63) is 48.0 Å². The van der Waals surface area contributed by atoms with Crippen LogP contribution in [0, 0.1) is 0 Å². The Morgan fingerprint density at radius 2 is 1.62 bits per heavy atom. The summed E-state index contributed by atoms with van der Waals surface area (Å²) in [5.41, 5.74) is 1.01. The molecule has 2 aliphatic heterocycles. The van der Waals surface area contributed by atoms with Gasteiger partial charge in [-0.15, -0.1) is 0 Å². The third-order valence-electron chi connectivity index (χ3n) is 5.80. The summed E-state index contributed by atoms with van der Waals surface area (Å²) in [6.07, 6.45) is 0.363. The summed E-state index contributed by atoms with van der Waals surface area (Å²) in [5, 5.41) is 0. The summed E-state index contributed by atoms with van der Waals surface area (Å²) < 4.78 is 22.1. The smallest absolute Gasteiger partial charge is 0.267 e. The summed E-state index contributed by atoms with van der Waals surface area (Å²) in [4.78, 5) is 29.1. The molecule has 0 radical (unpaired) electrons. The number of rotatable bonds is 6. The number of aryl methyl sites for hydroxylation is 1. The molecule has 0 unspecified atom stereocenters. The van der Waals surface area contributed by atoms with Crippen LogP contribution in [0.2, 0.25) is 0 Å². The largest absolute Gasteiger partial charge is 0.493 e. The lowest BCUT2D eigenvalue weighted by Crippen LogP contribution is -2.55. The standard InChI is InChI=1S/C24H28N2O6/c1-29-18-9-7-17(15-21(18)30-2)8-10-23(27)25-11-13-26(14-12-25)24(28)22-16-31-19-5-3-4-6-20(19)32-22/h3-7,9,15,22H,8,10-14,16H2,1-2H3/t22-/m1/s1. The highest BCUT2D eigenvalue weighted by molar-refractivity contribution is 5.82. The van der Waals surface area contributed by atoms with Crippen LogP contribution in [0.3, 0.4) is 0 Å². The summed E-state index contributed by atoms with van der Waals surface area (Å²) in [5.74, 6) is 2.54. The maximum absolute atomic E-state index is 12.9. The molecule has 2 aromatic carbocycles. The molecule has 2 aromatic rings. The number of fused-ring (bicyclic) bond motifs is 1. The maximum atomic E-state index is 12.9. The van der Waals surface area contributed by atoms with Gasteiger partial charge in [-0.2, -0.15) is 0 Å². The van der Waals surface area contributed by atoms with E-state index in [1.54, 1.807) is 25.2 Å². The van der Waals surface area contributed by atoms with E-state index in [2.05, 4.69) is 0 Å². The van der Waals surface area contributed by atoms with Gasteiger partial charge in [0.2, 0.25) is 12.0 Å². The Morgan fingerprint density at radius 3 is 2.34 bits per heavy atom. The Balaban J connectivity index is 1.25. The minimum Gasteiger partial charge on any atom is -0.493 e. The number of piperazine rings is 1. The second-order valence-corrected chi connectivity index (χ2v) is 7.76. The van der Waals surface area contributed by atoms with Crippen LogP contribution < -0.4 is 18.9 Å². The zero-order chi connectivity index (χ0) is 22.5. The van der Waals surface area contributed by atoms with Crippen molar-refractivity contribution in [1.29, 1.82) is 0 Å². The van der Waals surface area contributed by atoms with Gasteiger partial charge >= 0.3 is 0 Å². The van der Waals surface area contributed by atoms with E-state index in [0.29, 0.717) is 62.0 Å². The quantitative estimate of drug-likeness (QED) is 0.685. The fraction of sp³-hybridized carbons (Fsp3) is 0.417.